The lowest BCUT2D eigenvalue weighted by atomic mass is 10.3. The molecular formula is C6H20N6. The van der Waals surface area contributed by atoms with E-state index in [0.29, 0.717) is 6.54 Å². The predicted octanol–water partition coefficient (Wildman–Crippen LogP) is -1.48. The van der Waals surface area contributed by atoms with Crippen LogP contribution >= 0.6 is 0 Å². The molecule has 0 aromatic rings. The van der Waals surface area contributed by atoms with Gasteiger partial charge in [-0.3, -0.25) is 11.7 Å². The van der Waals surface area contributed by atoms with E-state index in [1.807, 2.05) is 6.92 Å². The second-order valence-corrected chi connectivity index (χ2v) is 2.50. The molecule has 12 heavy (non-hydrogen) atoms. The molecule has 0 unspecified atom stereocenters. The highest BCUT2D eigenvalue weighted by Gasteiger charge is 2.05. The molecule has 0 aromatic heterocycles. The first kappa shape index (κ1) is 11.8. The van der Waals surface area contributed by atoms with Crippen LogP contribution in [0.1, 0.15) is 19.8 Å². The van der Waals surface area contributed by atoms with Gasteiger partial charge in [0.2, 0.25) is 0 Å². The van der Waals surface area contributed by atoms with Crippen molar-refractivity contribution < 1.29 is 0 Å². The molecule has 0 aliphatic heterocycles. The third-order valence-electron chi connectivity index (χ3n) is 1.60. The van der Waals surface area contributed by atoms with Crippen molar-refractivity contribution in [3.63, 3.8) is 0 Å². The van der Waals surface area contributed by atoms with E-state index in [2.05, 4.69) is 5.53 Å². The lowest BCUT2D eigenvalue weighted by Gasteiger charge is -2.28. The van der Waals surface area contributed by atoms with Gasteiger partial charge in [-0.2, -0.15) is 15.8 Å². The number of hydrogen-bond acceptors (Lipinski definition) is 6. The number of hydrazine groups is 4. The normalized spacial score (nSPS) is 11.5. The molecule has 0 bridgehead atoms. The highest BCUT2D eigenvalue weighted by molar-refractivity contribution is 4.45. The van der Waals surface area contributed by atoms with Crippen molar-refractivity contribution in [1.82, 2.24) is 15.8 Å². The minimum atomic E-state index is 0.704. The third kappa shape index (κ3) is 4.60. The van der Waals surface area contributed by atoms with Crippen molar-refractivity contribution in [1.29, 1.82) is 0 Å². The maximum atomic E-state index is 5.66. The van der Waals surface area contributed by atoms with Crippen molar-refractivity contribution in [2.24, 2.45) is 17.4 Å². The summed E-state index contributed by atoms with van der Waals surface area (Å²) in [6, 6.07) is 0. The molecule has 6 nitrogen and oxygen atoms in total. The Balaban J connectivity index is 3.47. The molecule has 6 heteroatoms. The van der Waals surface area contributed by atoms with Gasteiger partial charge in [0.1, 0.15) is 0 Å². The van der Waals surface area contributed by atoms with Gasteiger partial charge in [0.15, 0.2) is 0 Å². The number of rotatable bonds is 7. The van der Waals surface area contributed by atoms with E-state index >= 15 is 0 Å². The fourth-order valence-corrected chi connectivity index (χ4v) is 0.886. The molecule has 7 N–H and O–H groups in total. The summed E-state index contributed by atoms with van der Waals surface area (Å²) in [4.78, 5) is 0. The Bertz CT molecular complexity index is 94.0. The molecule has 0 heterocycles. The number of nitrogens with zero attached hydrogens (tertiary/aromatic N) is 2. The largest absolute Gasteiger partial charge is 0.330 e. The summed E-state index contributed by atoms with van der Waals surface area (Å²) in [6.45, 7) is 4.16. The van der Waals surface area contributed by atoms with Crippen LogP contribution in [0, 0.1) is 0 Å². The fraction of sp³-hybridized carbons (Fsp3) is 1.00. The lowest BCUT2D eigenvalue weighted by molar-refractivity contribution is -0.0694. The van der Waals surface area contributed by atoms with Crippen molar-refractivity contribution >= 4 is 0 Å². The van der Waals surface area contributed by atoms with Crippen molar-refractivity contribution in [3.05, 3.63) is 0 Å². The molecule has 0 rings (SSSR count). The van der Waals surface area contributed by atoms with Crippen LogP contribution in [0.2, 0.25) is 0 Å². The third-order valence-corrected chi connectivity index (χ3v) is 1.60. The lowest BCUT2D eigenvalue weighted by Crippen LogP contribution is -2.57. The minimum absolute atomic E-state index is 0.704. The zero-order chi connectivity index (χ0) is 9.40. The minimum Gasteiger partial charge on any atom is -0.330 e. The van der Waals surface area contributed by atoms with Crippen LogP contribution in [0.5, 0.6) is 0 Å². The van der Waals surface area contributed by atoms with E-state index in [1.165, 1.54) is 0 Å². The molecular weight excluding hydrogens is 156 g/mol. The topological polar surface area (TPSA) is 96.6 Å². The smallest absolute Gasteiger partial charge is 0.0302 e. The molecule has 0 radical (unpaired) electrons. The summed E-state index contributed by atoms with van der Waals surface area (Å²) in [7, 11) is 0. The Labute approximate surface area is 73.5 Å². The van der Waals surface area contributed by atoms with E-state index in [9.17, 15) is 0 Å². The SMILES string of the molecule is CCN(NN)N(N)CCCCN. The second kappa shape index (κ2) is 7.41. The maximum Gasteiger partial charge on any atom is 0.0302 e. The Morgan fingerprint density at radius 3 is 2.42 bits per heavy atom. The van der Waals surface area contributed by atoms with Crippen LogP contribution in [0.4, 0.5) is 0 Å². The van der Waals surface area contributed by atoms with Gasteiger partial charge in [-0.15, -0.1) is 0 Å². The second-order valence-electron chi connectivity index (χ2n) is 2.50. The van der Waals surface area contributed by atoms with E-state index < -0.39 is 0 Å². The Kier molecular flexibility index (Phi) is 7.26. The summed E-state index contributed by atoms with van der Waals surface area (Å²) in [5.41, 5.74) is 7.82. The summed E-state index contributed by atoms with van der Waals surface area (Å²) in [6.07, 6.45) is 1.96. The summed E-state index contributed by atoms with van der Waals surface area (Å²) < 4.78 is 0. The highest BCUT2D eigenvalue weighted by atomic mass is 15.9. The van der Waals surface area contributed by atoms with Crippen LogP contribution in [0.3, 0.4) is 0 Å². The molecule has 0 fully saturated rings. The molecule has 0 aliphatic carbocycles. The van der Waals surface area contributed by atoms with Crippen LogP contribution in [-0.2, 0) is 0 Å². The molecule has 0 atom stereocenters. The van der Waals surface area contributed by atoms with Crippen molar-refractivity contribution in [3.8, 4) is 0 Å². The first-order chi connectivity index (χ1) is 5.76. The van der Waals surface area contributed by atoms with Crippen LogP contribution in [0.25, 0.3) is 0 Å². The van der Waals surface area contributed by atoms with Gasteiger partial charge < -0.3 is 5.73 Å². The number of nitrogens with two attached hydrogens (primary N) is 3. The van der Waals surface area contributed by atoms with Gasteiger partial charge in [0.25, 0.3) is 0 Å². The average molecular weight is 176 g/mol. The zero-order valence-corrected chi connectivity index (χ0v) is 7.66. The maximum absolute atomic E-state index is 5.66. The summed E-state index contributed by atoms with van der Waals surface area (Å²) >= 11 is 0. The number of hydrogen-bond donors (Lipinski definition) is 4. The monoisotopic (exact) mass is 176 g/mol. The van der Waals surface area contributed by atoms with Gasteiger partial charge in [-0.25, -0.2) is 0 Å². The summed E-state index contributed by atoms with van der Waals surface area (Å²) in [5.74, 6) is 10.9. The Hall–Kier alpha value is -0.240. The number of nitrogens with one attached hydrogen (secondary N) is 1. The van der Waals surface area contributed by atoms with E-state index in [4.69, 9.17) is 17.4 Å². The molecule has 0 saturated heterocycles. The van der Waals surface area contributed by atoms with Crippen molar-refractivity contribution in [2.45, 2.75) is 19.8 Å². The number of unbranched alkanes of at least 4 members (excludes halogenated alkanes) is 1. The van der Waals surface area contributed by atoms with Gasteiger partial charge in [-0.05, 0) is 26.3 Å². The standard InChI is InChI=1S/C6H20N6/c1-2-12(10-8)11(9)6-4-3-5-7/h10H,2-9H2,1H3. The van der Waals surface area contributed by atoms with Gasteiger partial charge in [0, 0.05) is 13.1 Å². The first-order valence-electron chi connectivity index (χ1n) is 4.22. The molecule has 0 saturated carbocycles. The van der Waals surface area contributed by atoms with Crippen LogP contribution in [-0.4, -0.2) is 29.9 Å². The highest BCUT2D eigenvalue weighted by Crippen LogP contribution is 1.91. The molecule has 0 aromatic carbocycles. The van der Waals surface area contributed by atoms with E-state index in [0.717, 1.165) is 25.9 Å². The zero-order valence-electron chi connectivity index (χ0n) is 7.66. The van der Waals surface area contributed by atoms with Gasteiger partial charge in [0.05, 0.1) is 0 Å². The van der Waals surface area contributed by atoms with Gasteiger partial charge in [-0.1, -0.05) is 0 Å². The Morgan fingerprint density at radius 1 is 1.33 bits per heavy atom. The Morgan fingerprint density at radius 2 is 2.00 bits per heavy atom. The van der Waals surface area contributed by atoms with Crippen LogP contribution < -0.4 is 23.0 Å². The van der Waals surface area contributed by atoms with Gasteiger partial charge >= 0.3 is 0 Å². The quantitative estimate of drug-likeness (QED) is 0.214. The molecule has 0 amide bonds. The summed E-state index contributed by atoms with van der Waals surface area (Å²) in [5, 5.41) is 3.19. The molecule has 74 valence electrons. The fourth-order valence-electron chi connectivity index (χ4n) is 0.886. The molecule has 0 aliphatic rings. The average Bonchev–Trinajstić information content (AvgIpc) is 2.07. The van der Waals surface area contributed by atoms with E-state index in [1.54, 1.807) is 10.2 Å². The van der Waals surface area contributed by atoms with Crippen LogP contribution in [0.15, 0.2) is 0 Å². The van der Waals surface area contributed by atoms with Crippen molar-refractivity contribution in [2.75, 3.05) is 19.6 Å². The first-order valence-corrected chi connectivity index (χ1v) is 4.22. The predicted molar refractivity (Wildman–Crippen MR) is 48.9 cm³/mol. The molecule has 0 spiro atoms. The van der Waals surface area contributed by atoms with E-state index in [-0.39, 0.29) is 0 Å².